The Morgan fingerprint density at radius 2 is 1.69 bits per heavy atom. The van der Waals surface area contributed by atoms with Crippen molar-refractivity contribution in [2.75, 3.05) is 18.0 Å². The molecule has 1 fully saturated rings. The van der Waals surface area contributed by atoms with Gasteiger partial charge in [0.1, 0.15) is 17.4 Å². The number of anilines is 1. The topological polar surface area (TPSA) is 32.8 Å². The largest absolute Gasteiger partial charge is 0.573 e. The van der Waals surface area contributed by atoms with E-state index in [-0.39, 0.29) is 24.5 Å². The van der Waals surface area contributed by atoms with Gasteiger partial charge >= 0.3 is 12.4 Å². The lowest BCUT2D eigenvalue weighted by atomic mass is 10.2. The summed E-state index contributed by atoms with van der Waals surface area (Å²) in [5.74, 6) is -1.94. The lowest BCUT2D eigenvalue weighted by molar-refractivity contribution is -0.274. The predicted octanol–water partition coefficient (Wildman–Crippen LogP) is 4.31. The molecule has 0 aliphatic carbocycles. The number of nitrogens with zero attached hydrogens (tertiary/aromatic N) is 2. The van der Waals surface area contributed by atoms with Crippen LogP contribution >= 0.6 is 0 Å². The number of alkyl halides is 3. The average molecular weight is 372 g/mol. The Hall–Kier alpha value is -2.84. The highest BCUT2D eigenvalue weighted by Crippen LogP contribution is 2.26. The van der Waals surface area contributed by atoms with Crippen molar-refractivity contribution >= 4 is 11.7 Å². The number of hydrogen-bond acceptors (Lipinski definition) is 2. The zero-order valence-electron chi connectivity index (χ0n) is 13.3. The second-order valence-corrected chi connectivity index (χ2v) is 5.64. The molecule has 0 radical (unpaired) electrons. The monoisotopic (exact) mass is 372 g/mol. The van der Waals surface area contributed by atoms with Gasteiger partial charge < -0.3 is 9.64 Å². The fraction of sp³-hybridized carbons (Fsp3) is 0.235. The Labute approximate surface area is 145 Å². The zero-order valence-corrected chi connectivity index (χ0v) is 13.3. The Bertz CT molecular complexity index is 808. The Morgan fingerprint density at radius 1 is 1.00 bits per heavy atom. The SMILES string of the molecule is O=C1N(Cc2ccc(OC(F)(F)F)cc2)CCN1c1ccc(F)cc1F. The first-order chi connectivity index (χ1) is 12.2. The molecule has 4 nitrogen and oxygen atoms in total. The summed E-state index contributed by atoms with van der Waals surface area (Å²) in [5.41, 5.74) is 0.571. The van der Waals surface area contributed by atoms with Crippen LogP contribution in [0.3, 0.4) is 0 Å². The number of rotatable bonds is 4. The highest BCUT2D eigenvalue weighted by molar-refractivity contribution is 5.94. The van der Waals surface area contributed by atoms with Crippen molar-refractivity contribution in [1.29, 1.82) is 0 Å². The van der Waals surface area contributed by atoms with Gasteiger partial charge in [-0.3, -0.25) is 4.90 Å². The van der Waals surface area contributed by atoms with Gasteiger partial charge in [-0.25, -0.2) is 13.6 Å². The molecule has 138 valence electrons. The van der Waals surface area contributed by atoms with E-state index in [9.17, 15) is 26.7 Å². The summed E-state index contributed by atoms with van der Waals surface area (Å²) in [6.45, 7) is 0.664. The molecule has 0 bridgehead atoms. The van der Waals surface area contributed by atoms with E-state index in [0.29, 0.717) is 18.2 Å². The smallest absolute Gasteiger partial charge is 0.406 e. The first-order valence-electron chi connectivity index (χ1n) is 7.59. The van der Waals surface area contributed by atoms with Crippen molar-refractivity contribution in [1.82, 2.24) is 4.90 Å². The van der Waals surface area contributed by atoms with Crippen LogP contribution in [0.4, 0.5) is 32.4 Å². The van der Waals surface area contributed by atoms with Crippen molar-refractivity contribution in [3.05, 3.63) is 59.7 Å². The Kier molecular flexibility index (Phi) is 4.71. The molecule has 1 aliphatic heterocycles. The molecule has 2 aromatic rings. The third-order valence-corrected chi connectivity index (χ3v) is 3.83. The lowest BCUT2D eigenvalue weighted by Gasteiger charge is -2.19. The van der Waals surface area contributed by atoms with Crippen LogP contribution < -0.4 is 9.64 Å². The van der Waals surface area contributed by atoms with Crippen LogP contribution in [0.5, 0.6) is 5.75 Å². The number of carbonyl (C=O) groups excluding carboxylic acids is 1. The van der Waals surface area contributed by atoms with E-state index in [1.807, 2.05) is 0 Å². The molecule has 26 heavy (non-hydrogen) atoms. The summed E-state index contributed by atoms with van der Waals surface area (Å²) in [5, 5.41) is 0. The van der Waals surface area contributed by atoms with E-state index in [4.69, 9.17) is 0 Å². The van der Waals surface area contributed by atoms with Gasteiger partial charge in [0.15, 0.2) is 0 Å². The predicted molar refractivity (Wildman–Crippen MR) is 82.6 cm³/mol. The minimum atomic E-state index is -4.77. The van der Waals surface area contributed by atoms with Crippen molar-refractivity contribution in [2.24, 2.45) is 0 Å². The first kappa shape index (κ1) is 18.0. The summed E-state index contributed by atoms with van der Waals surface area (Å²) < 4.78 is 67.1. The van der Waals surface area contributed by atoms with Gasteiger partial charge in [0, 0.05) is 25.7 Å². The minimum Gasteiger partial charge on any atom is -0.406 e. The average Bonchev–Trinajstić information content (AvgIpc) is 2.89. The molecule has 0 aromatic heterocycles. The van der Waals surface area contributed by atoms with Crippen molar-refractivity contribution < 1.29 is 31.5 Å². The first-order valence-corrected chi connectivity index (χ1v) is 7.59. The maximum atomic E-state index is 13.9. The number of hydrogen-bond donors (Lipinski definition) is 0. The molecule has 0 spiro atoms. The molecule has 0 N–H and O–H groups in total. The molecule has 0 atom stereocenters. The standard InChI is InChI=1S/C17H13F5N2O2/c18-12-3-6-15(14(19)9-12)24-8-7-23(16(24)25)10-11-1-4-13(5-2-11)26-17(20,21)22/h1-6,9H,7-8,10H2. The summed E-state index contributed by atoms with van der Waals surface area (Å²) in [4.78, 5) is 15.0. The summed E-state index contributed by atoms with van der Waals surface area (Å²) >= 11 is 0. The van der Waals surface area contributed by atoms with Gasteiger partial charge in [0.2, 0.25) is 0 Å². The van der Waals surface area contributed by atoms with E-state index < -0.39 is 24.0 Å². The number of urea groups is 1. The van der Waals surface area contributed by atoms with Gasteiger partial charge in [0.05, 0.1) is 5.69 Å². The molecule has 1 aliphatic rings. The molecule has 9 heteroatoms. The third-order valence-electron chi connectivity index (χ3n) is 3.83. The molecule has 0 unspecified atom stereocenters. The quantitative estimate of drug-likeness (QED) is 0.750. The van der Waals surface area contributed by atoms with Crippen LogP contribution in [-0.4, -0.2) is 30.4 Å². The van der Waals surface area contributed by atoms with E-state index in [1.54, 1.807) is 0 Å². The van der Waals surface area contributed by atoms with E-state index in [1.165, 1.54) is 28.0 Å². The Balaban J connectivity index is 1.67. The van der Waals surface area contributed by atoms with E-state index in [0.717, 1.165) is 18.2 Å². The Morgan fingerprint density at radius 3 is 2.31 bits per heavy atom. The molecular formula is C17H13F5N2O2. The fourth-order valence-electron chi connectivity index (χ4n) is 2.67. The number of halogens is 5. The number of carbonyl (C=O) groups is 1. The maximum Gasteiger partial charge on any atom is 0.573 e. The van der Waals surface area contributed by atoms with Crippen molar-refractivity contribution in [3.63, 3.8) is 0 Å². The van der Waals surface area contributed by atoms with Crippen LogP contribution in [0.2, 0.25) is 0 Å². The number of ether oxygens (including phenoxy) is 1. The number of benzene rings is 2. The van der Waals surface area contributed by atoms with Gasteiger partial charge in [-0.15, -0.1) is 13.2 Å². The number of amides is 2. The van der Waals surface area contributed by atoms with E-state index >= 15 is 0 Å². The van der Waals surface area contributed by atoms with Crippen LogP contribution in [0, 0.1) is 11.6 Å². The summed E-state index contributed by atoms with van der Waals surface area (Å²) in [6, 6.07) is 7.62. The second-order valence-electron chi connectivity index (χ2n) is 5.64. The summed E-state index contributed by atoms with van der Waals surface area (Å²) in [7, 11) is 0. The van der Waals surface area contributed by atoms with Gasteiger partial charge in [-0.05, 0) is 29.8 Å². The van der Waals surface area contributed by atoms with Crippen LogP contribution in [0.1, 0.15) is 5.56 Å². The molecule has 3 rings (SSSR count). The van der Waals surface area contributed by atoms with Crippen molar-refractivity contribution in [2.45, 2.75) is 12.9 Å². The third kappa shape index (κ3) is 4.04. The molecule has 0 saturated carbocycles. The minimum absolute atomic E-state index is 0.0205. The second kappa shape index (κ2) is 6.81. The maximum absolute atomic E-state index is 13.9. The zero-order chi connectivity index (χ0) is 18.9. The van der Waals surface area contributed by atoms with Crippen LogP contribution in [0.25, 0.3) is 0 Å². The highest BCUT2D eigenvalue weighted by atomic mass is 19.4. The van der Waals surface area contributed by atoms with E-state index in [2.05, 4.69) is 4.74 Å². The van der Waals surface area contributed by atoms with Crippen LogP contribution in [-0.2, 0) is 6.54 Å². The molecule has 1 heterocycles. The lowest BCUT2D eigenvalue weighted by Crippen LogP contribution is -2.32. The van der Waals surface area contributed by atoms with Gasteiger partial charge in [0.25, 0.3) is 0 Å². The normalized spacial score (nSPS) is 14.9. The molecule has 1 saturated heterocycles. The van der Waals surface area contributed by atoms with Gasteiger partial charge in [-0.1, -0.05) is 12.1 Å². The highest BCUT2D eigenvalue weighted by Gasteiger charge is 2.32. The molecule has 2 amide bonds. The van der Waals surface area contributed by atoms with Crippen molar-refractivity contribution in [3.8, 4) is 5.75 Å². The van der Waals surface area contributed by atoms with Crippen LogP contribution in [0.15, 0.2) is 42.5 Å². The molecular weight excluding hydrogens is 359 g/mol. The van der Waals surface area contributed by atoms with Gasteiger partial charge in [-0.2, -0.15) is 0 Å². The fourth-order valence-corrected chi connectivity index (χ4v) is 2.67. The molecule has 2 aromatic carbocycles. The summed E-state index contributed by atoms with van der Waals surface area (Å²) in [6.07, 6.45) is -4.77.